The Bertz CT molecular complexity index is 158. The number of hydrogen-bond donors (Lipinski definition) is 1. The molecule has 0 spiro atoms. The Balaban J connectivity index is 3.21. The van der Waals surface area contributed by atoms with E-state index in [0.29, 0.717) is 19.2 Å². The van der Waals surface area contributed by atoms with Gasteiger partial charge in [0.15, 0.2) is 0 Å². The third-order valence-electron chi connectivity index (χ3n) is 2.41. The third kappa shape index (κ3) is 10.2. The predicted octanol–water partition coefficient (Wildman–Crippen LogP) is 3.12. The maximum absolute atomic E-state index is 11.8. The van der Waals surface area contributed by atoms with Crippen molar-refractivity contribution >= 4 is 0 Å². The zero-order valence-electron chi connectivity index (χ0n) is 10.1. The lowest BCUT2D eigenvalue weighted by atomic mass is 10.2. The van der Waals surface area contributed by atoms with E-state index < -0.39 is 12.6 Å². The van der Waals surface area contributed by atoms with Crippen molar-refractivity contribution in [1.29, 1.82) is 0 Å². The monoisotopic (exact) mass is 241 g/mol. The first-order valence-corrected chi connectivity index (χ1v) is 5.87. The number of hydrogen-bond acceptors (Lipinski definition) is 2. The molecular weight excluding hydrogens is 219 g/mol. The zero-order chi connectivity index (χ0) is 12.4. The van der Waals surface area contributed by atoms with Crippen LogP contribution in [0.4, 0.5) is 13.2 Å². The molecular formula is C11H22F3NO. The van der Waals surface area contributed by atoms with Crippen LogP contribution in [0.25, 0.3) is 0 Å². The largest absolute Gasteiger partial charge is 0.389 e. The van der Waals surface area contributed by atoms with Gasteiger partial charge in [-0.15, -0.1) is 0 Å². The average Bonchev–Trinajstić information content (AvgIpc) is 2.21. The van der Waals surface area contributed by atoms with Crippen LogP contribution >= 0.6 is 0 Å². The predicted molar refractivity (Wildman–Crippen MR) is 58.5 cm³/mol. The molecule has 0 radical (unpaired) electrons. The first kappa shape index (κ1) is 15.7. The highest BCUT2D eigenvalue weighted by molar-refractivity contribution is 4.61. The van der Waals surface area contributed by atoms with Crippen molar-refractivity contribution in [2.24, 2.45) is 0 Å². The Hall–Kier alpha value is -0.290. The summed E-state index contributed by atoms with van der Waals surface area (Å²) in [6.07, 6.45) is -2.65. The summed E-state index contributed by atoms with van der Waals surface area (Å²) in [5, 5.41) is 3.28. The molecule has 1 N–H and O–H groups in total. The topological polar surface area (TPSA) is 21.3 Å². The summed E-state index contributed by atoms with van der Waals surface area (Å²) < 4.78 is 40.4. The summed E-state index contributed by atoms with van der Waals surface area (Å²) in [5.74, 6) is 0. The summed E-state index contributed by atoms with van der Waals surface area (Å²) in [4.78, 5) is 0. The second-order valence-corrected chi connectivity index (χ2v) is 3.80. The highest BCUT2D eigenvalue weighted by Gasteiger charge is 2.25. The van der Waals surface area contributed by atoms with Crippen LogP contribution in [-0.4, -0.2) is 32.0 Å². The summed E-state index contributed by atoms with van der Waals surface area (Å²) in [6.45, 7) is 5.58. The SMILES string of the molecule is CCC(CC)NCCOCCCC(F)(F)F. The lowest BCUT2D eigenvalue weighted by Crippen LogP contribution is -2.30. The van der Waals surface area contributed by atoms with E-state index in [1.54, 1.807) is 0 Å². The molecule has 0 aromatic rings. The minimum atomic E-state index is -4.06. The van der Waals surface area contributed by atoms with Crippen molar-refractivity contribution in [2.45, 2.75) is 51.7 Å². The standard InChI is InChI=1S/C11H22F3NO/c1-3-10(4-2)15-7-9-16-8-5-6-11(12,13)14/h10,15H,3-9H2,1-2H3. The fourth-order valence-electron chi connectivity index (χ4n) is 1.39. The first-order valence-electron chi connectivity index (χ1n) is 5.87. The molecule has 0 saturated heterocycles. The quantitative estimate of drug-likeness (QED) is 0.626. The van der Waals surface area contributed by atoms with Crippen LogP contribution in [0.1, 0.15) is 39.5 Å². The number of alkyl halides is 3. The highest BCUT2D eigenvalue weighted by Crippen LogP contribution is 2.20. The molecule has 5 heteroatoms. The van der Waals surface area contributed by atoms with Crippen LogP contribution in [0.5, 0.6) is 0 Å². The minimum absolute atomic E-state index is 0.0501. The number of ether oxygens (including phenoxy) is 1. The fraction of sp³-hybridized carbons (Fsp3) is 1.00. The molecule has 0 unspecified atom stereocenters. The highest BCUT2D eigenvalue weighted by atomic mass is 19.4. The van der Waals surface area contributed by atoms with E-state index in [0.717, 1.165) is 12.8 Å². The van der Waals surface area contributed by atoms with Gasteiger partial charge in [0.2, 0.25) is 0 Å². The Morgan fingerprint density at radius 3 is 2.25 bits per heavy atom. The van der Waals surface area contributed by atoms with Gasteiger partial charge in [-0.3, -0.25) is 0 Å². The summed E-state index contributed by atoms with van der Waals surface area (Å²) in [6, 6.07) is 0.485. The second-order valence-electron chi connectivity index (χ2n) is 3.80. The molecule has 0 aliphatic rings. The van der Waals surface area contributed by atoms with Gasteiger partial charge in [0.1, 0.15) is 0 Å². The molecule has 0 aliphatic carbocycles. The molecule has 0 atom stereocenters. The smallest absolute Gasteiger partial charge is 0.380 e. The van der Waals surface area contributed by atoms with Gasteiger partial charge < -0.3 is 10.1 Å². The molecule has 16 heavy (non-hydrogen) atoms. The molecule has 0 bridgehead atoms. The van der Waals surface area contributed by atoms with Gasteiger partial charge in [-0.05, 0) is 19.3 Å². The summed E-state index contributed by atoms with van der Waals surface area (Å²) in [5.41, 5.74) is 0. The molecule has 0 fully saturated rings. The normalized spacial score (nSPS) is 12.4. The van der Waals surface area contributed by atoms with Crippen LogP contribution in [0.15, 0.2) is 0 Å². The molecule has 0 aliphatic heterocycles. The average molecular weight is 241 g/mol. The van der Waals surface area contributed by atoms with Gasteiger partial charge >= 0.3 is 6.18 Å². The van der Waals surface area contributed by atoms with E-state index in [2.05, 4.69) is 19.2 Å². The maximum Gasteiger partial charge on any atom is 0.389 e. The van der Waals surface area contributed by atoms with E-state index in [-0.39, 0.29) is 13.0 Å². The molecule has 98 valence electrons. The Morgan fingerprint density at radius 1 is 1.12 bits per heavy atom. The van der Waals surface area contributed by atoms with Crippen LogP contribution in [0, 0.1) is 0 Å². The number of rotatable bonds is 9. The van der Waals surface area contributed by atoms with Crippen LogP contribution in [0.2, 0.25) is 0 Å². The van der Waals surface area contributed by atoms with Crippen molar-refractivity contribution in [3.63, 3.8) is 0 Å². The molecule has 0 saturated carbocycles. The van der Waals surface area contributed by atoms with E-state index in [1.165, 1.54) is 0 Å². The molecule has 0 rings (SSSR count). The number of halogens is 3. The maximum atomic E-state index is 11.8. The molecule has 0 amide bonds. The summed E-state index contributed by atoms with van der Waals surface area (Å²) >= 11 is 0. The van der Waals surface area contributed by atoms with Gasteiger partial charge in [0.25, 0.3) is 0 Å². The Kier molecular flexibility index (Phi) is 8.66. The molecule has 0 heterocycles. The van der Waals surface area contributed by atoms with Gasteiger partial charge in [-0.1, -0.05) is 13.8 Å². The van der Waals surface area contributed by atoms with Crippen LogP contribution in [0.3, 0.4) is 0 Å². The Morgan fingerprint density at radius 2 is 1.75 bits per heavy atom. The Labute approximate surface area is 95.5 Å². The van der Waals surface area contributed by atoms with Crippen molar-refractivity contribution in [1.82, 2.24) is 5.32 Å². The molecule has 2 nitrogen and oxygen atoms in total. The lowest BCUT2D eigenvalue weighted by Gasteiger charge is -2.14. The molecule has 0 aromatic heterocycles. The van der Waals surface area contributed by atoms with E-state index in [9.17, 15) is 13.2 Å². The number of nitrogens with one attached hydrogen (secondary N) is 1. The van der Waals surface area contributed by atoms with Crippen molar-refractivity contribution in [2.75, 3.05) is 19.8 Å². The zero-order valence-corrected chi connectivity index (χ0v) is 10.1. The van der Waals surface area contributed by atoms with E-state index in [1.807, 2.05) is 0 Å². The van der Waals surface area contributed by atoms with Crippen molar-refractivity contribution in [3.05, 3.63) is 0 Å². The van der Waals surface area contributed by atoms with Gasteiger partial charge in [-0.25, -0.2) is 0 Å². The molecule has 0 aromatic carbocycles. The minimum Gasteiger partial charge on any atom is -0.380 e. The van der Waals surface area contributed by atoms with E-state index in [4.69, 9.17) is 4.74 Å². The lowest BCUT2D eigenvalue weighted by molar-refractivity contribution is -0.137. The van der Waals surface area contributed by atoms with Crippen LogP contribution in [-0.2, 0) is 4.74 Å². The van der Waals surface area contributed by atoms with Crippen LogP contribution < -0.4 is 5.32 Å². The van der Waals surface area contributed by atoms with Gasteiger partial charge in [0, 0.05) is 25.6 Å². The third-order valence-corrected chi connectivity index (χ3v) is 2.41. The van der Waals surface area contributed by atoms with Gasteiger partial charge in [-0.2, -0.15) is 13.2 Å². The fourth-order valence-corrected chi connectivity index (χ4v) is 1.39. The summed E-state index contributed by atoms with van der Waals surface area (Å²) in [7, 11) is 0. The van der Waals surface area contributed by atoms with E-state index >= 15 is 0 Å². The first-order chi connectivity index (χ1) is 7.49. The van der Waals surface area contributed by atoms with Crippen molar-refractivity contribution < 1.29 is 17.9 Å². The second kappa shape index (κ2) is 8.82. The van der Waals surface area contributed by atoms with Gasteiger partial charge in [0.05, 0.1) is 6.61 Å². The van der Waals surface area contributed by atoms with Crippen molar-refractivity contribution in [3.8, 4) is 0 Å².